The molecular weight excluding hydrogens is 443 g/mol. The number of carbonyl (C=O) groups is 1. The number of rotatable bonds is 11. The van der Waals surface area contributed by atoms with E-state index in [0.29, 0.717) is 17.5 Å². The quantitative estimate of drug-likeness (QED) is 0.469. The van der Waals surface area contributed by atoms with Crippen LogP contribution in [0.15, 0.2) is 53.4 Å². The van der Waals surface area contributed by atoms with Crippen molar-refractivity contribution >= 4 is 44.8 Å². The van der Waals surface area contributed by atoms with Gasteiger partial charge in [0.1, 0.15) is 6.54 Å². The molecule has 1 atom stereocenters. The SMILES string of the molecule is CCCC[C@H](CC)CNC(=O)CN(c1ccc(Cl)c(Cl)c1)S(=O)(=O)c1ccccc1. The number of anilines is 1. The Morgan fingerprint density at radius 2 is 1.77 bits per heavy atom. The van der Waals surface area contributed by atoms with Gasteiger partial charge in [0.05, 0.1) is 20.6 Å². The number of halogens is 2. The second-order valence-electron chi connectivity index (χ2n) is 7.14. The first-order valence-electron chi connectivity index (χ1n) is 10.1. The van der Waals surface area contributed by atoms with Crippen LogP contribution in [0.5, 0.6) is 0 Å². The third kappa shape index (κ3) is 6.62. The smallest absolute Gasteiger partial charge is 0.264 e. The molecule has 2 aromatic rings. The van der Waals surface area contributed by atoms with Gasteiger partial charge in [0.25, 0.3) is 10.0 Å². The van der Waals surface area contributed by atoms with E-state index >= 15 is 0 Å². The molecule has 0 radical (unpaired) electrons. The second-order valence-corrected chi connectivity index (χ2v) is 9.82. The fourth-order valence-corrected chi connectivity index (χ4v) is 4.79. The first-order chi connectivity index (χ1) is 14.3. The average Bonchev–Trinajstić information content (AvgIpc) is 2.74. The Balaban J connectivity index is 2.26. The van der Waals surface area contributed by atoms with Gasteiger partial charge in [-0.15, -0.1) is 0 Å². The molecule has 0 aliphatic rings. The van der Waals surface area contributed by atoms with E-state index in [9.17, 15) is 13.2 Å². The van der Waals surface area contributed by atoms with E-state index in [1.165, 1.54) is 30.3 Å². The Kier molecular flexibility index (Phi) is 9.46. The maximum absolute atomic E-state index is 13.3. The molecule has 0 saturated heterocycles. The summed E-state index contributed by atoms with van der Waals surface area (Å²) in [7, 11) is -3.97. The highest BCUT2D eigenvalue weighted by Gasteiger charge is 2.27. The zero-order chi connectivity index (χ0) is 22.1. The number of nitrogens with zero attached hydrogens (tertiary/aromatic N) is 1. The number of amides is 1. The van der Waals surface area contributed by atoms with Crippen LogP contribution in [0.1, 0.15) is 39.5 Å². The Labute approximate surface area is 189 Å². The molecule has 0 unspecified atom stereocenters. The number of hydrogen-bond donors (Lipinski definition) is 1. The van der Waals surface area contributed by atoms with Crippen LogP contribution in [0.4, 0.5) is 5.69 Å². The van der Waals surface area contributed by atoms with Crippen molar-refractivity contribution in [3.8, 4) is 0 Å². The highest BCUT2D eigenvalue weighted by molar-refractivity contribution is 7.92. The lowest BCUT2D eigenvalue weighted by molar-refractivity contribution is -0.119. The number of sulfonamides is 1. The van der Waals surface area contributed by atoms with Crippen LogP contribution < -0.4 is 9.62 Å². The molecule has 1 N–H and O–H groups in total. The number of nitrogens with one attached hydrogen (secondary N) is 1. The van der Waals surface area contributed by atoms with Gasteiger partial charge < -0.3 is 5.32 Å². The third-order valence-corrected chi connectivity index (χ3v) is 7.47. The highest BCUT2D eigenvalue weighted by atomic mass is 35.5. The molecular formula is C22H28Cl2N2O3S. The normalized spacial score (nSPS) is 12.4. The molecule has 0 aliphatic heterocycles. The summed E-state index contributed by atoms with van der Waals surface area (Å²) in [5, 5.41) is 3.41. The van der Waals surface area contributed by atoms with E-state index in [1.54, 1.807) is 18.2 Å². The van der Waals surface area contributed by atoms with E-state index in [1.807, 2.05) is 0 Å². The molecule has 2 rings (SSSR count). The summed E-state index contributed by atoms with van der Waals surface area (Å²) in [6.45, 7) is 4.40. The molecule has 2 aromatic carbocycles. The summed E-state index contributed by atoms with van der Waals surface area (Å²) < 4.78 is 27.6. The molecule has 0 bridgehead atoms. The standard InChI is InChI=1S/C22H28Cl2N2O3S/c1-3-5-9-17(4-2)15-25-22(27)16-26(18-12-13-20(23)21(24)14-18)30(28,29)19-10-7-6-8-11-19/h6-8,10-14,17H,3-5,9,15-16H2,1-2H3,(H,25,27)/t17-/m0/s1. The number of hydrogen-bond acceptors (Lipinski definition) is 3. The lowest BCUT2D eigenvalue weighted by Gasteiger charge is -2.25. The monoisotopic (exact) mass is 470 g/mol. The predicted octanol–water partition coefficient (Wildman–Crippen LogP) is 5.52. The van der Waals surface area contributed by atoms with Gasteiger partial charge in [-0.05, 0) is 42.7 Å². The van der Waals surface area contributed by atoms with E-state index in [-0.39, 0.29) is 28.1 Å². The summed E-state index contributed by atoms with van der Waals surface area (Å²) in [4.78, 5) is 12.8. The van der Waals surface area contributed by atoms with Crippen molar-refractivity contribution < 1.29 is 13.2 Å². The van der Waals surface area contributed by atoms with E-state index in [4.69, 9.17) is 23.2 Å². The Morgan fingerprint density at radius 3 is 2.37 bits per heavy atom. The largest absolute Gasteiger partial charge is 0.354 e. The molecule has 164 valence electrons. The van der Waals surface area contributed by atoms with Gasteiger partial charge >= 0.3 is 0 Å². The van der Waals surface area contributed by atoms with Gasteiger partial charge in [-0.2, -0.15) is 0 Å². The lowest BCUT2D eigenvalue weighted by Crippen LogP contribution is -2.42. The summed E-state index contributed by atoms with van der Waals surface area (Å²) in [5.74, 6) is 0.00795. The number of benzene rings is 2. The highest BCUT2D eigenvalue weighted by Crippen LogP contribution is 2.30. The third-order valence-electron chi connectivity index (χ3n) is 4.94. The van der Waals surface area contributed by atoms with Crippen LogP contribution in [-0.4, -0.2) is 27.4 Å². The van der Waals surface area contributed by atoms with Crippen LogP contribution in [0, 0.1) is 5.92 Å². The molecule has 0 aliphatic carbocycles. The Morgan fingerprint density at radius 1 is 1.07 bits per heavy atom. The molecule has 0 saturated carbocycles. The summed E-state index contributed by atoms with van der Waals surface area (Å²) >= 11 is 12.1. The first-order valence-corrected chi connectivity index (χ1v) is 12.3. The lowest BCUT2D eigenvalue weighted by atomic mass is 9.99. The first kappa shape index (κ1) is 24.5. The summed E-state index contributed by atoms with van der Waals surface area (Å²) in [5.41, 5.74) is 0.279. The fraction of sp³-hybridized carbons (Fsp3) is 0.409. The zero-order valence-corrected chi connectivity index (χ0v) is 19.6. The fourth-order valence-electron chi connectivity index (χ4n) is 3.06. The van der Waals surface area contributed by atoms with Crippen molar-refractivity contribution in [1.29, 1.82) is 0 Å². The van der Waals surface area contributed by atoms with Gasteiger partial charge in [-0.25, -0.2) is 8.42 Å². The Hall–Kier alpha value is -1.76. The maximum atomic E-state index is 13.3. The molecule has 8 heteroatoms. The molecule has 30 heavy (non-hydrogen) atoms. The van der Waals surface area contributed by atoms with Crippen LogP contribution >= 0.6 is 23.2 Å². The van der Waals surface area contributed by atoms with E-state index < -0.39 is 10.0 Å². The number of carbonyl (C=O) groups excluding carboxylic acids is 1. The summed E-state index contributed by atoms with van der Waals surface area (Å²) in [6, 6.07) is 12.5. The van der Waals surface area contributed by atoms with Crippen LogP contribution in [0.3, 0.4) is 0 Å². The van der Waals surface area contributed by atoms with Crippen LogP contribution in [0.25, 0.3) is 0 Å². The van der Waals surface area contributed by atoms with Crippen molar-refractivity contribution in [2.45, 2.75) is 44.4 Å². The average molecular weight is 471 g/mol. The van der Waals surface area contributed by atoms with E-state index in [0.717, 1.165) is 30.0 Å². The topological polar surface area (TPSA) is 66.5 Å². The minimum Gasteiger partial charge on any atom is -0.354 e. The molecule has 0 fully saturated rings. The van der Waals surface area contributed by atoms with Crippen molar-refractivity contribution in [3.05, 3.63) is 58.6 Å². The molecule has 5 nitrogen and oxygen atoms in total. The van der Waals surface area contributed by atoms with Crippen LogP contribution in [0.2, 0.25) is 10.0 Å². The van der Waals surface area contributed by atoms with Gasteiger partial charge in [-0.1, -0.05) is 74.5 Å². The van der Waals surface area contributed by atoms with Crippen LogP contribution in [-0.2, 0) is 14.8 Å². The second kappa shape index (κ2) is 11.6. The summed E-state index contributed by atoms with van der Waals surface area (Å²) in [6.07, 6.45) is 4.20. The minimum absolute atomic E-state index is 0.0956. The van der Waals surface area contributed by atoms with Crippen molar-refractivity contribution in [2.24, 2.45) is 5.92 Å². The zero-order valence-electron chi connectivity index (χ0n) is 17.3. The minimum atomic E-state index is -3.97. The van der Waals surface area contributed by atoms with Crippen molar-refractivity contribution in [2.75, 3.05) is 17.4 Å². The Bertz CT molecular complexity index is 937. The molecule has 0 heterocycles. The predicted molar refractivity (Wildman–Crippen MR) is 124 cm³/mol. The molecule has 1 amide bonds. The number of unbranched alkanes of at least 4 members (excludes halogenated alkanes) is 1. The van der Waals surface area contributed by atoms with Gasteiger partial charge in [0, 0.05) is 6.54 Å². The van der Waals surface area contributed by atoms with Crippen molar-refractivity contribution in [1.82, 2.24) is 5.32 Å². The van der Waals surface area contributed by atoms with Gasteiger partial charge in [0.15, 0.2) is 0 Å². The van der Waals surface area contributed by atoms with Gasteiger partial charge in [-0.3, -0.25) is 9.10 Å². The molecule has 0 aromatic heterocycles. The molecule has 0 spiro atoms. The van der Waals surface area contributed by atoms with Gasteiger partial charge in [0.2, 0.25) is 5.91 Å². The van der Waals surface area contributed by atoms with Crippen molar-refractivity contribution in [3.63, 3.8) is 0 Å². The maximum Gasteiger partial charge on any atom is 0.264 e. The van der Waals surface area contributed by atoms with E-state index in [2.05, 4.69) is 19.2 Å².